The van der Waals surface area contributed by atoms with E-state index in [4.69, 9.17) is 15.2 Å². The van der Waals surface area contributed by atoms with E-state index in [2.05, 4.69) is 16.3 Å². The van der Waals surface area contributed by atoms with Gasteiger partial charge in [-0.3, -0.25) is 5.10 Å². The minimum atomic E-state index is -0.0250. The molecule has 112 valence electrons. The van der Waals surface area contributed by atoms with Crippen LogP contribution in [0.3, 0.4) is 0 Å². The molecule has 1 aliphatic carbocycles. The lowest BCUT2D eigenvalue weighted by Crippen LogP contribution is -2.26. The quantitative estimate of drug-likeness (QED) is 0.889. The third kappa shape index (κ3) is 2.38. The number of aromatic amines is 1. The summed E-state index contributed by atoms with van der Waals surface area (Å²) in [6.45, 7) is 0.424. The lowest BCUT2D eigenvalue weighted by atomic mass is 9.73. The van der Waals surface area contributed by atoms with Gasteiger partial charge in [0.2, 0.25) is 11.8 Å². The molecule has 0 amide bonds. The maximum atomic E-state index is 9.52. The van der Waals surface area contributed by atoms with Gasteiger partial charge in [-0.1, -0.05) is 19.3 Å². The van der Waals surface area contributed by atoms with Gasteiger partial charge in [-0.2, -0.15) is 5.26 Å². The van der Waals surface area contributed by atoms with Crippen molar-refractivity contribution in [1.29, 1.82) is 5.26 Å². The number of H-pyrrole nitrogens is 1. The minimum absolute atomic E-state index is 0.0250. The van der Waals surface area contributed by atoms with E-state index in [9.17, 15) is 5.26 Å². The molecule has 0 bridgehead atoms. The normalized spacial score (nSPS) is 22.6. The molecule has 0 spiro atoms. The first kappa shape index (κ1) is 14.0. The van der Waals surface area contributed by atoms with Gasteiger partial charge in [-0.15, -0.1) is 5.10 Å². The number of nitrogens with one attached hydrogen (secondary N) is 1. The largest absolute Gasteiger partial charge is 0.420 e. The molecular weight excluding hydrogens is 268 g/mol. The molecule has 1 aromatic heterocycles. The topological polar surface area (TPSA) is 97.0 Å². The van der Waals surface area contributed by atoms with E-state index in [-0.39, 0.29) is 11.8 Å². The lowest BCUT2D eigenvalue weighted by molar-refractivity contribution is 0.179. The smallest absolute Gasteiger partial charge is 0.244 e. The Morgan fingerprint density at radius 2 is 2.19 bits per heavy atom. The number of nitriles is 1. The Labute approximate surface area is 123 Å². The van der Waals surface area contributed by atoms with E-state index in [1.807, 2.05) is 0 Å². The predicted octanol–water partition coefficient (Wildman–Crippen LogP) is 2.31. The molecule has 1 atom stereocenters. The monoisotopic (exact) mass is 288 g/mol. The first-order valence-electron chi connectivity index (χ1n) is 7.40. The maximum Gasteiger partial charge on any atom is 0.244 e. The molecule has 2 heterocycles. The van der Waals surface area contributed by atoms with Crippen LogP contribution >= 0.6 is 0 Å². The SMILES string of the molecule is COCc1[nH]nc2c1[C@H](C1CCCCC1)C(C#N)=C(N)O2. The summed E-state index contributed by atoms with van der Waals surface area (Å²) in [5.41, 5.74) is 8.30. The summed E-state index contributed by atoms with van der Waals surface area (Å²) >= 11 is 0. The summed E-state index contributed by atoms with van der Waals surface area (Å²) in [5.74, 6) is 1.08. The second kappa shape index (κ2) is 5.78. The summed E-state index contributed by atoms with van der Waals surface area (Å²) < 4.78 is 10.7. The number of hydrogen-bond acceptors (Lipinski definition) is 5. The number of aromatic nitrogens is 2. The van der Waals surface area contributed by atoms with Gasteiger partial charge in [0.15, 0.2) is 0 Å². The lowest BCUT2D eigenvalue weighted by Gasteiger charge is -2.32. The zero-order chi connectivity index (χ0) is 14.8. The first-order valence-corrected chi connectivity index (χ1v) is 7.40. The molecular formula is C15H20N4O2. The molecule has 2 aliphatic rings. The first-order chi connectivity index (χ1) is 10.3. The van der Waals surface area contributed by atoms with E-state index in [1.165, 1.54) is 19.3 Å². The highest BCUT2D eigenvalue weighted by molar-refractivity contribution is 5.49. The van der Waals surface area contributed by atoms with E-state index in [1.54, 1.807) is 7.11 Å². The Balaban J connectivity index is 2.05. The van der Waals surface area contributed by atoms with Crippen molar-refractivity contribution in [3.63, 3.8) is 0 Å². The van der Waals surface area contributed by atoms with E-state index in [0.29, 0.717) is 24.0 Å². The molecule has 3 rings (SSSR count). The summed E-state index contributed by atoms with van der Waals surface area (Å²) in [4.78, 5) is 0. The number of rotatable bonds is 3. The van der Waals surface area contributed by atoms with E-state index < -0.39 is 0 Å². The van der Waals surface area contributed by atoms with Crippen molar-refractivity contribution in [1.82, 2.24) is 10.2 Å². The van der Waals surface area contributed by atoms with Gasteiger partial charge in [0, 0.05) is 18.6 Å². The highest BCUT2D eigenvalue weighted by atomic mass is 16.5. The maximum absolute atomic E-state index is 9.52. The zero-order valence-corrected chi connectivity index (χ0v) is 12.2. The van der Waals surface area contributed by atoms with Crippen LogP contribution in [0.5, 0.6) is 5.88 Å². The molecule has 0 unspecified atom stereocenters. The van der Waals surface area contributed by atoms with Crippen LogP contribution < -0.4 is 10.5 Å². The highest BCUT2D eigenvalue weighted by Gasteiger charge is 2.39. The van der Waals surface area contributed by atoms with Gasteiger partial charge in [0.05, 0.1) is 17.9 Å². The van der Waals surface area contributed by atoms with E-state index in [0.717, 1.165) is 24.1 Å². The zero-order valence-electron chi connectivity index (χ0n) is 12.2. The van der Waals surface area contributed by atoms with Crippen molar-refractivity contribution >= 4 is 0 Å². The number of allylic oxidation sites excluding steroid dienone is 1. The summed E-state index contributed by atoms with van der Waals surface area (Å²) in [7, 11) is 1.64. The van der Waals surface area contributed by atoms with Crippen LogP contribution in [0, 0.1) is 17.2 Å². The van der Waals surface area contributed by atoms with Crippen LogP contribution in [-0.4, -0.2) is 17.3 Å². The Bertz CT molecular complexity index is 593. The molecule has 0 aromatic carbocycles. The molecule has 0 saturated heterocycles. The fraction of sp³-hybridized carbons (Fsp3) is 0.600. The number of ether oxygens (including phenoxy) is 2. The number of nitrogens with zero attached hydrogens (tertiary/aromatic N) is 2. The van der Waals surface area contributed by atoms with Crippen LogP contribution in [0.25, 0.3) is 0 Å². The second-order valence-electron chi connectivity index (χ2n) is 5.72. The molecule has 6 heteroatoms. The van der Waals surface area contributed by atoms with Crippen LogP contribution in [-0.2, 0) is 11.3 Å². The van der Waals surface area contributed by atoms with Crippen LogP contribution in [0.4, 0.5) is 0 Å². The Kier molecular flexibility index (Phi) is 3.84. The molecule has 0 radical (unpaired) electrons. The fourth-order valence-electron chi connectivity index (χ4n) is 3.54. The van der Waals surface area contributed by atoms with Crippen LogP contribution in [0.1, 0.15) is 49.3 Å². The number of nitrogens with two attached hydrogens (primary N) is 1. The van der Waals surface area contributed by atoms with Gasteiger partial charge in [-0.25, -0.2) is 0 Å². The average molecular weight is 288 g/mol. The molecule has 21 heavy (non-hydrogen) atoms. The number of methoxy groups -OCH3 is 1. The summed E-state index contributed by atoms with van der Waals surface area (Å²) in [6, 6.07) is 2.25. The van der Waals surface area contributed by atoms with Crippen molar-refractivity contribution in [3.8, 4) is 11.9 Å². The average Bonchev–Trinajstić information content (AvgIpc) is 2.89. The van der Waals surface area contributed by atoms with E-state index >= 15 is 0 Å². The van der Waals surface area contributed by atoms with Crippen molar-refractivity contribution in [2.75, 3.05) is 7.11 Å². The molecule has 1 aliphatic heterocycles. The Morgan fingerprint density at radius 1 is 1.43 bits per heavy atom. The van der Waals surface area contributed by atoms with Crippen LogP contribution in [0.15, 0.2) is 11.5 Å². The second-order valence-corrected chi connectivity index (χ2v) is 5.72. The number of fused-ring (bicyclic) bond motifs is 1. The Morgan fingerprint density at radius 3 is 2.86 bits per heavy atom. The summed E-state index contributed by atoms with van der Waals surface area (Å²) in [6.07, 6.45) is 5.89. The summed E-state index contributed by atoms with van der Waals surface area (Å²) in [5, 5.41) is 16.7. The molecule has 1 aromatic rings. The van der Waals surface area contributed by atoms with Gasteiger partial charge in [0.25, 0.3) is 0 Å². The van der Waals surface area contributed by atoms with Gasteiger partial charge in [-0.05, 0) is 18.8 Å². The standard InChI is InChI=1S/C15H20N4O2/c1-20-8-11-13-12(9-5-3-2-4-6-9)10(7-16)14(17)21-15(13)19-18-11/h9,12H,2-6,8,17H2,1H3,(H,18,19)/t12-/m1/s1. The van der Waals surface area contributed by atoms with Gasteiger partial charge >= 0.3 is 0 Å². The van der Waals surface area contributed by atoms with Crippen LogP contribution in [0.2, 0.25) is 0 Å². The van der Waals surface area contributed by atoms with Gasteiger partial charge in [0.1, 0.15) is 6.07 Å². The van der Waals surface area contributed by atoms with Crippen molar-refractivity contribution in [3.05, 3.63) is 22.7 Å². The number of hydrogen-bond donors (Lipinski definition) is 2. The van der Waals surface area contributed by atoms with Crippen molar-refractivity contribution in [2.24, 2.45) is 11.7 Å². The van der Waals surface area contributed by atoms with Crippen molar-refractivity contribution < 1.29 is 9.47 Å². The molecule has 3 N–H and O–H groups in total. The molecule has 1 fully saturated rings. The molecule has 1 saturated carbocycles. The Hall–Kier alpha value is -2.00. The highest BCUT2D eigenvalue weighted by Crippen LogP contribution is 2.47. The fourth-order valence-corrected chi connectivity index (χ4v) is 3.54. The van der Waals surface area contributed by atoms with Crippen molar-refractivity contribution in [2.45, 2.75) is 44.6 Å². The minimum Gasteiger partial charge on any atom is -0.420 e. The predicted molar refractivity (Wildman–Crippen MR) is 76.1 cm³/mol. The third-order valence-electron chi connectivity index (χ3n) is 4.47. The molecule has 6 nitrogen and oxygen atoms in total. The van der Waals surface area contributed by atoms with Gasteiger partial charge < -0.3 is 15.2 Å². The third-order valence-corrected chi connectivity index (χ3v) is 4.47.